The summed E-state index contributed by atoms with van der Waals surface area (Å²) in [5.41, 5.74) is -1.65. The molecule has 0 radical (unpaired) electrons. The number of hydrogen-bond donors (Lipinski definition) is 1. The highest BCUT2D eigenvalue weighted by Gasteiger charge is 2.55. The number of aliphatic hydroxyl groups excluding tert-OH is 1. The van der Waals surface area contributed by atoms with Crippen molar-refractivity contribution in [3.63, 3.8) is 0 Å². The topological polar surface area (TPSA) is 177 Å². The number of aliphatic hydroxyl groups is 1. The summed E-state index contributed by atoms with van der Waals surface area (Å²) < 4.78 is 37.4. The second-order valence-corrected chi connectivity index (χ2v) is 11.9. The maximum atomic E-state index is 13.9. The summed E-state index contributed by atoms with van der Waals surface area (Å²) in [6, 6.07) is 12.9. The molecule has 2 heterocycles. The van der Waals surface area contributed by atoms with Crippen molar-refractivity contribution in [3.8, 4) is 0 Å². The Morgan fingerprint density at radius 1 is 1.07 bits per heavy atom. The van der Waals surface area contributed by atoms with Crippen LogP contribution in [0.3, 0.4) is 0 Å². The van der Waals surface area contributed by atoms with Crippen LogP contribution in [0.2, 0.25) is 0 Å². The molecule has 1 aromatic heterocycles. The second kappa shape index (κ2) is 12.1. The highest BCUT2D eigenvalue weighted by molar-refractivity contribution is 7.90. The Hall–Kier alpha value is -5.03. The lowest BCUT2D eigenvalue weighted by Gasteiger charge is -2.38. The SMILES string of the molecule is COC(=O)CC1(/C(O)=C(\[N+]#N)C(=O)OC)CCCN(C(=O)Cc2cn(S(=O)(=O)c3ccc(C)cc3)c3ccccc23)C1=O. The molecule has 1 aliphatic heterocycles. The largest absolute Gasteiger partial charge is 0.506 e. The zero-order valence-electron chi connectivity index (χ0n) is 23.6. The molecule has 1 fully saturated rings. The van der Waals surface area contributed by atoms with E-state index in [2.05, 4.69) is 9.71 Å². The maximum absolute atomic E-state index is 13.9. The minimum absolute atomic E-state index is 0.0495. The van der Waals surface area contributed by atoms with E-state index in [1.165, 1.54) is 18.3 Å². The number of benzene rings is 2. The molecule has 1 N–H and O–H groups in total. The molecule has 3 aromatic rings. The molecule has 0 spiro atoms. The number of carbonyl (C=O) groups excluding carboxylic acids is 4. The van der Waals surface area contributed by atoms with Crippen molar-refractivity contribution in [3.05, 3.63) is 82.3 Å². The van der Waals surface area contributed by atoms with Crippen LogP contribution in [-0.2, 0) is 45.1 Å². The second-order valence-electron chi connectivity index (χ2n) is 10.0. The first-order valence-electron chi connectivity index (χ1n) is 13.1. The zero-order chi connectivity index (χ0) is 31.5. The fourth-order valence-corrected chi connectivity index (χ4v) is 6.57. The van der Waals surface area contributed by atoms with Gasteiger partial charge in [0.1, 0.15) is 5.41 Å². The highest BCUT2D eigenvalue weighted by Crippen LogP contribution is 2.43. The van der Waals surface area contributed by atoms with Gasteiger partial charge in [0.15, 0.2) is 4.98 Å². The smallest absolute Gasteiger partial charge is 0.504 e. The van der Waals surface area contributed by atoms with E-state index in [9.17, 15) is 38.1 Å². The number of ether oxygens (including phenoxy) is 2. The van der Waals surface area contributed by atoms with Crippen LogP contribution in [0.5, 0.6) is 0 Å². The van der Waals surface area contributed by atoms with Crippen molar-refractivity contribution in [1.29, 1.82) is 5.39 Å². The Morgan fingerprint density at radius 2 is 1.74 bits per heavy atom. The van der Waals surface area contributed by atoms with Crippen LogP contribution in [0.1, 0.15) is 30.4 Å². The highest BCUT2D eigenvalue weighted by atomic mass is 32.2. The van der Waals surface area contributed by atoms with Gasteiger partial charge in [0.2, 0.25) is 23.0 Å². The van der Waals surface area contributed by atoms with E-state index in [4.69, 9.17) is 4.74 Å². The van der Waals surface area contributed by atoms with Gasteiger partial charge in [0.25, 0.3) is 10.0 Å². The fraction of sp³-hybridized carbons (Fsp3) is 0.310. The monoisotopic (exact) mass is 609 g/mol. The molecule has 1 unspecified atom stereocenters. The van der Waals surface area contributed by atoms with Crippen molar-refractivity contribution in [1.82, 2.24) is 8.87 Å². The van der Waals surface area contributed by atoms with Gasteiger partial charge in [-0.1, -0.05) is 35.9 Å². The quantitative estimate of drug-likeness (QED) is 0.173. The van der Waals surface area contributed by atoms with Gasteiger partial charge in [-0.15, -0.1) is 0 Å². The number of diazo groups is 1. The van der Waals surface area contributed by atoms with Crippen LogP contribution in [0.15, 0.2) is 71.1 Å². The first-order chi connectivity index (χ1) is 20.4. The molecule has 13 nitrogen and oxygen atoms in total. The molecule has 2 aromatic carbocycles. The Balaban J connectivity index is 1.75. The molecule has 0 aliphatic carbocycles. The summed E-state index contributed by atoms with van der Waals surface area (Å²) in [4.78, 5) is 55.7. The minimum atomic E-state index is -4.05. The number of para-hydroxylation sites is 1. The number of carbonyl (C=O) groups is 4. The van der Waals surface area contributed by atoms with Gasteiger partial charge in [-0.05, 0) is 43.5 Å². The lowest BCUT2D eigenvalue weighted by molar-refractivity contribution is -0.160. The molecule has 0 saturated carbocycles. The molecule has 4 rings (SSSR count). The molecule has 2 amide bonds. The number of fused-ring (bicyclic) bond motifs is 1. The number of imide groups is 1. The molecule has 0 bridgehead atoms. The van der Waals surface area contributed by atoms with E-state index in [0.29, 0.717) is 16.5 Å². The summed E-state index contributed by atoms with van der Waals surface area (Å²) in [5, 5.41) is 20.9. The van der Waals surface area contributed by atoms with Gasteiger partial charge in [-0.2, -0.15) is 0 Å². The number of methoxy groups -OCH3 is 2. The van der Waals surface area contributed by atoms with Gasteiger partial charge < -0.3 is 14.6 Å². The van der Waals surface area contributed by atoms with Crippen molar-refractivity contribution in [2.24, 2.45) is 5.41 Å². The summed E-state index contributed by atoms with van der Waals surface area (Å²) in [7, 11) is -2.03. The molecule has 1 atom stereocenters. The predicted molar refractivity (Wildman–Crippen MR) is 151 cm³/mol. The Labute approximate surface area is 247 Å². The number of aromatic nitrogens is 1. The third-order valence-corrected chi connectivity index (χ3v) is 9.14. The summed E-state index contributed by atoms with van der Waals surface area (Å²) in [6.07, 6.45) is 0.0889. The van der Waals surface area contributed by atoms with Crippen LogP contribution < -0.4 is 0 Å². The van der Waals surface area contributed by atoms with E-state index < -0.39 is 63.5 Å². The predicted octanol–water partition coefficient (Wildman–Crippen LogP) is 3.22. The van der Waals surface area contributed by atoms with E-state index in [1.807, 2.05) is 6.92 Å². The third kappa shape index (κ3) is 5.59. The maximum Gasteiger partial charge on any atom is 0.506 e. The summed E-state index contributed by atoms with van der Waals surface area (Å²) >= 11 is 0. The van der Waals surface area contributed by atoms with Gasteiger partial charge in [0.05, 0.1) is 37.5 Å². The minimum Gasteiger partial charge on any atom is -0.504 e. The van der Waals surface area contributed by atoms with Gasteiger partial charge in [-0.3, -0.25) is 19.3 Å². The normalized spacial score (nSPS) is 17.6. The van der Waals surface area contributed by atoms with Crippen LogP contribution in [0.4, 0.5) is 0 Å². The van der Waals surface area contributed by atoms with Crippen molar-refractivity contribution in [2.45, 2.75) is 37.5 Å². The molecular formula is C29H29N4O9S+. The lowest BCUT2D eigenvalue weighted by atomic mass is 9.73. The van der Waals surface area contributed by atoms with Crippen molar-refractivity contribution < 1.29 is 42.2 Å². The van der Waals surface area contributed by atoms with E-state index in [1.54, 1.807) is 36.4 Å². The number of piperidine rings is 1. The summed E-state index contributed by atoms with van der Waals surface area (Å²) in [6.45, 7) is 1.75. The van der Waals surface area contributed by atoms with E-state index in [-0.39, 0.29) is 24.3 Å². The van der Waals surface area contributed by atoms with E-state index >= 15 is 0 Å². The Morgan fingerprint density at radius 3 is 2.37 bits per heavy atom. The lowest BCUT2D eigenvalue weighted by Crippen LogP contribution is -2.53. The Kier molecular flexibility index (Phi) is 8.67. The molecule has 1 saturated heterocycles. The van der Waals surface area contributed by atoms with Crippen LogP contribution in [-0.4, -0.2) is 66.9 Å². The number of likely N-dealkylation sites (tertiary alicyclic amines) is 1. The number of esters is 2. The first-order valence-corrected chi connectivity index (χ1v) is 14.5. The van der Waals surface area contributed by atoms with Gasteiger partial charge in [-0.25, -0.2) is 17.2 Å². The molecule has 14 heteroatoms. The van der Waals surface area contributed by atoms with Gasteiger partial charge >= 0.3 is 17.6 Å². The number of aryl methyl sites for hydroxylation is 1. The number of hydrogen-bond acceptors (Lipinski definition) is 10. The Bertz CT molecular complexity index is 1800. The van der Waals surface area contributed by atoms with Crippen LogP contribution >= 0.6 is 0 Å². The van der Waals surface area contributed by atoms with Crippen LogP contribution in [0, 0.1) is 17.7 Å². The number of rotatable bonds is 8. The molecule has 224 valence electrons. The third-order valence-electron chi connectivity index (χ3n) is 7.45. The molecular weight excluding hydrogens is 580 g/mol. The zero-order valence-corrected chi connectivity index (χ0v) is 24.5. The molecule has 1 aliphatic rings. The number of nitrogens with zero attached hydrogens (tertiary/aromatic N) is 4. The standard InChI is InChI=1S/C29H28N4O9S/c1-18-9-11-20(12-10-18)43(39,40)33-17-19(21-7-4-5-8-22(21)33)15-23(34)32-14-6-13-29(28(32)38,16-24(35)41-2)26(36)25(31-30)27(37)42-3/h4-5,7-12,17H,6,13-16H2,1-3H3/p+1. The van der Waals surface area contributed by atoms with Crippen molar-refractivity contribution >= 4 is 44.7 Å². The average Bonchev–Trinajstić information content (AvgIpc) is 3.37. The van der Waals surface area contributed by atoms with Crippen LogP contribution in [0.25, 0.3) is 15.9 Å². The van der Waals surface area contributed by atoms with Crippen molar-refractivity contribution in [2.75, 3.05) is 20.8 Å². The first kappa shape index (κ1) is 30.9. The summed E-state index contributed by atoms with van der Waals surface area (Å²) in [5.74, 6) is -5.02. The van der Waals surface area contributed by atoms with E-state index in [0.717, 1.165) is 28.7 Å². The van der Waals surface area contributed by atoms with Gasteiger partial charge in [0, 0.05) is 18.1 Å². The molecule has 43 heavy (non-hydrogen) atoms. The average molecular weight is 610 g/mol. The fourth-order valence-electron chi connectivity index (χ4n) is 5.18. The number of amides is 2.